The van der Waals surface area contributed by atoms with Gasteiger partial charge in [-0.15, -0.1) is 0 Å². The molecule has 2 aromatic carbocycles. The quantitative estimate of drug-likeness (QED) is 0.0768. The smallest absolute Gasteiger partial charge is 0.494 e. The third kappa shape index (κ3) is 64.1. The Hall–Kier alpha value is -0.901. The number of hydrogen-bond acceptors (Lipinski definition) is 2. The maximum Gasteiger partial charge on any atom is 2.00 e. The van der Waals surface area contributed by atoms with Crippen molar-refractivity contribution in [1.82, 2.24) is 0 Å². The van der Waals surface area contributed by atoms with Crippen molar-refractivity contribution < 1.29 is 94.0 Å². The van der Waals surface area contributed by atoms with E-state index in [2.05, 4.69) is 0 Å². The van der Waals surface area contributed by atoms with Crippen molar-refractivity contribution in [3.05, 3.63) is 125 Å². The van der Waals surface area contributed by atoms with Gasteiger partial charge in [-0.2, -0.15) is 0 Å². The maximum atomic E-state index is 9.87. The average Bonchev–Trinajstić information content (AvgIpc) is 3.75. The van der Waals surface area contributed by atoms with Crippen LogP contribution in [0.15, 0.2) is 60.7 Å². The van der Waals surface area contributed by atoms with E-state index in [1.807, 2.05) is 125 Å². The number of unbranched alkanes of at least 4 members (excludes halogenated alkanes) is 9. The number of hydrogen-bond donors (Lipinski definition) is 0. The monoisotopic (exact) mass is 886 g/mol. The van der Waals surface area contributed by atoms with E-state index in [9.17, 15) is 50.4 Å². The summed E-state index contributed by atoms with van der Waals surface area (Å²) in [6, 6.07) is 20.2. The fourth-order valence-corrected chi connectivity index (χ4v) is 3.67. The molecule has 0 bridgehead atoms. The molecule has 2 nitrogen and oxygen atoms in total. The summed E-state index contributed by atoms with van der Waals surface area (Å²) in [5.74, 6) is 1.98. The first-order chi connectivity index (χ1) is 22.8. The molecule has 18 heteroatoms. The largest absolute Gasteiger partial charge is 2.00 e. The van der Waals surface area contributed by atoms with Gasteiger partial charge in [-0.25, -0.2) is 0 Å². The Bertz CT molecular complexity index is 978. The third-order valence-corrected chi connectivity index (χ3v) is 5.67. The molecule has 2 saturated carbocycles. The predicted molar refractivity (Wildman–Crippen MR) is 180 cm³/mol. The maximum absolute atomic E-state index is 10.7. The Morgan fingerprint density at radius 2 is 0.481 bits per heavy atom. The number of rotatable bonds is 15. The molecule has 2 aliphatic rings. The minimum absolute atomic E-state index is 0. The van der Waals surface area contributed by atoms with E-state index in [4.69, 9.17) is 9.47 Å². The van der Waals surface area contributed by atoms with Gasteiger partial charge in [0.1, 0.15) is 11.5 Å². The zero-order chi connectivity index (χ0) is 38.0. The van der Waals surface area contributed by atoms with Gasteiger partial charge in [0.05, 0.1) is 13.2 Å². The van der Waals surface area contributed by atoms with Crippen LogP contribution in [-0.2, 0) is 34.1 Å². The van der Waals surface area contributed by atoms with Gasteiger partial charge in [0.15, 0.2) is 0 Å². The molecule has 0 spiro atoms. The molecule has 0 N–H and O–H groups in total. The number of benzene rings is 2. The SMILES string of the molecule is F[P-](F)(F)(F)(F)F.F[P-](F)(F)(F)(F)F.[CH]1[CH][CH][CH][CH]1.[CH]1[CH][CH][CH][CH]1.[Fe+2].[Fe+2].c1ccc(OCCCCCCCCCCCCOc2ccccc2)cc1. The summed E-state index contributed by atoms with van der Waals surface area (Å²) < 4.78 is 130. The van der Waals surface area contributed by atoms with E-state index in [1.54, 1.807) is 0 Å². The Kier molecular flexibility index (Phi) is 27.0. The van der Waals surface area contributed by atoms with Crippen LogP contribution in [0.3, 0.4) is 0 Å². The molecule has 10 radical (unpaired) electrons. The first-order valence-electron chi connectivity index (χ1n) is 15.7. The van der Waals surface area contributed by atoms with E-state index in [1.165, 1.54) is 51.4 Å². The molecule has 0 unspecified atom stereocenters. The van der Waals surface area contributed by atoms with E-state index < -0.39 is 15.6 Å². The second kappa shape index (κ2) is 25.3. The van der Waals surface area contributed by atoms with Crippen LogP contribution < -0.4 is 9.47 Å². The zero-order valence-electron chi connectivity index (χ0n) is 28.0. The summed E-state index contributed by atoms with van der Waals surface area (Å²) in [6.07, 6.45) is 33.0. The number of ether oxygens (including phenoxy) is 2. The van der Waals surface area contributed by atoms with Crippen molar-refractivity contribution in [1.29, 1.82) is 0 Å². The second-order valence-corrected chi connectivity index (χ2v) is 14.5. The third-order valence-electron chi connectivity index (χ3n) is 5.67. The number of para-hydroxylation sites is 2. The van der Waals surface area contributed by atoms with E-state index in [0.29, 0.717) is 0 Å². The van der Waals surface area contributed by atoms with E-state index >= 15 is 0 Å². The van der Waals surface area contributed by atoms with Crippen LogP contribution in [0.1, 0.15) is 64.2 Å². The molecule has 0 atom stereocenters. The summed E-state index contributed by atoms with van der Waals surface area (Å²) in [4.78, 5) is 0. The van der Waals surface area contributed by atoms with Crippen LogP contribution in [0.4, 0.5) is 50.4 Å². The normalized spacial score (nSPS) is 16.2. The fourth-order valence-electron chi connectivity index (χ4n) is 3.67. The molecular formula is C34H44F12Fe2O2P2+2. The van der Waals surface area contributed by atoms with Gasteiger partial charge in [0.2, 0.25) is 0 Å². The average molecular weight is 886 g/mol. The standard InChI is InChI=1S/C24H34O2.2C5H5.2F6P.2Fe/c1(3-5-7-15-21-25-23-17-11-9-12-18-23)2-4-6-8-16-22-26-24-19-13-10-14-20-24;2*1-2-4-5-3-1;2*1-7(2,3,4,5)6;;/h9-14,17-20H,1-8,15-16,21-22H2;2*1-5H;;;;/q;;;2*-1;2*+2. The van der Waals surface area contributed by atoms with Crippen LogP contribution in [0.25, 0.3) is 0 Å². The van der Waals surface area contributed by atoms with Crippen molar-refractivity contribution in [2.75, 3.05) is 13.2 Å². The van der Waals surface area contributed by atoms with Crippen molar-refractivity contribution in [2.45, 2.75) is 64.2 Å². The second-order valence-electron chi connectivity index (χ2n) is 10.7. The van der Waals surface area contributed by atoms with Gasteiger partial charge in [0.25, 0.3) is 0 Å². The first-order valence-corrected chi connectivity index (χ1v) is 19.7. The Balaban J connectivity index is -0.000000744. The molecule has 52 heavy (non-hydrogen) atoms. The van der Waals surface area contributed by atoms with Crippen molar-refractivity contribution in [2.24, 2.45) is 0 Å². The van der Waals surface area contributed by atoms with Crippen LogP contribution >= 0.6 is 15.6 Å². The van der Waals surface area contributed by atoms with Gasteiger partial charge in [0, 0.05) is 0 Å². The Morgan fingerprint density at radius 1 is 0.308 bits per heavy atom. The van der Waals surface area contributed by atoms with Gasteiger partial charge in [-0.3, -0.25) is 0 Å². The van der Waals surface area contributed by atoms with Crippen LogP contribution in [0, 0.1) is 64.2 Å². The van der Waals surface area contributed by atoms with Crippen molar-refractivity contribution in [3.8, 4) is 11.5 Å². The van der Waals surface area contributed by atoms with Gasteiger partial charge >= 0.3 is 100 Å². The predicted octanol–water partition coefficient (Wildman–Crippen LogP) is 15.8. The molecular weight excluding hydrogens is 842 g/mol. The van der Waals surface area contributed by atoms with E-state index in [-0.39, 0.29) is 34.1 Å². The molecule has 2 fully saturated rings. The molecule has 0 saturated heterocycles. The summed E-state index contributed by atoms with van der Waals surface area (Å²) >= 11 is 0. The molecule has 0 aromatic heterocycles. The molecule has 0 heterocycles. The number of halogens is 12. The van der Waals surface area contributed by atoms with Crippen LogP contribution in [0.5, 0.6) is 11.5 Å². The first kappa shape index (κ1) is 55.4. The van der Waals surface area contributed by atoms with E-state index in [0.717, 1.165) is 37.6 Å². The van der Waals surface area contributed by atoms with Crippen LogP contribution in [0.2, 0.25) is 0 Å². The Labute approximate surface area is 322 Å². The van der Waals surface area contributed by atoms with Crippen LogP contribution in [-0.4, -0.2) is 13.2 Å². The molecule has 300 valence electrons. The van der Waals surface area contributed by atoms with Gasteiger partial charge in [-0.05, 0) is 101 Å². The Morgan fingerprint density at radius 3 is 0.673 bits per heavy atom. The summed E-state index contributed by atoms with van der Waals surface area (Å²) in [6.45, 7) is 1.68. The van der Waals surface area contributed by atoms with Crippen molar-refractivity contribution in [3.63, 3.8) is 0 Å². The minimum atomic E-state index is -10.7. The summed E-state index contributed by atoms with van der Waals surface area (Å²) in [7, 11) is -21.3. The summed E-state index contributed by atoms with van der Waals surface area (Å²) in [5, 5.41) is 0. The van der Waals surface area contributed by atoms with Gasteiger partial charge < -0.3 is 9.47 Å². The molecule has 2 aromatic rings. The molecule has 0 amide bonds. The fraction of sp³-hybridized carbons (Fsp3) is 0.353. The topological polar surface area (TPSA) is 18.5 Å². The summed E-state index contributed by atoms with van der Waals surface area (Å²) in [5.41, 5.74) is 0. The van der Waals surface area contributed by atoms with Crippen molar-refractivity contribution >= 4 is 15.6 Å². The zero-order valence-corrected chi connectivity index (χ0v) is 32.0. The van der Waals surface area contributed by atoms with Gasteiger partial charge in [-0.1, -0.05) is 87.8 Å². The molecule has 0 aliphatic heterocycles. The molecule has 2 aliphatic carbocycles. The minimum Gasteiger partial charge on any atom is -0.494 e. The molecule has 4 rings (SSSR count).